The predicted octanol–water partition coefficient (Wildman–Crippen LogP) is 3.27. The Morgan fingerprint density at radius 1 is 1.08 bits per heavy atom. The number of hydrogen-bond acceptors (Lipinski definition) is 3. The number of aliphatic hydroxyl groups excluding tert-OH is 1. The molecule has 4 atom stereocenters. The molecule has 1 saturated carbocycles. The largest absolute Gasteiger partial charge is 0.391 e. The number of hydrogen-bond donors (Lipinski definition) is 1. The van der Waals surface area contributed by atoms with E-state index in [0.29, 0.717) is 18.0 Å². The molecule has 2 bridgehead atoms. The van der Waals surface area contributed by atoms with Gasteiger partial charge in [-0.2, -0.15) is 0 Å². The normalized spacial score (nSPS) is 32.9. The molecule has 1 aromatic rings. The van der Waals surface area contributed by atoms with Crippen LogP contribution in [0.4, 0.5) is 0 Å². The number of nitrogens with zero attached hydrogens (tertiary/aromatic N) is 2. The van der Waals surface area contributed by atoms with Gasteiger partial charge in [0.2, 0.25) is 0 Å². The van der Waals surface area contributed by atoms with Crippen LogP contribution in [0, 0.1) is 5.92 Å². The van der Waals surface area contributed by atoms with Crippen molar-refractivity contribution >= 4 is 0 Å². The molecule has 1 N–H and O–H groups in total. The van der Waals surface area contributed by atoms with E-state index in [0.717, 1.165) is 13.1 Å². The smallest absolute Gasteiger partial charge is 0.0738 e. The molecule has 1 aliphatic carbocycles. The average molecular weight is 329 g/mol. The Kier molecular flexibility index (Phi) is 4.22. The monoisotopic (exact) mass is 328 g/mol. The zero-order valence-corrected chi connectivity index (χ0v) is 15.4. The van der Waals surface area contributed by atoms with E-state index in [4.69, 9.17) is 0 Å². The maximum Gasteiger partial charge on any atom is 0.0738 e. The standard InChI is InChI=1S/C21H32N2O/c1-21(2,3)23-17-11-12-18(23)19(20(24)16-9-10-16)22(14-17)13-15-7-5-4-6-8-15/h4-8,16-20,24H,9-14H2,1-3H3/t17-,18+,19+,20+/m1/s1. The number of piperazine rings is 1. The van der Waals surface area contributed by atoms with E-state index in [9.17, 15) is 5.11 Å². The second kappa shape index (κ2) is 6.12. The van der Waals surface area contributed by atoms with Gasteiger partial charge in [0.05, 0.1) is 12.1 Å². The lowest BCUT2D eigenvalue weighted by Crippen LogP contribution is -2.67. The van der Waals surface area contributed by atoms with Gasteiger partial charge in [-0.1, -0.05) is 30.3 Å². The van der Waals surface area contributed by atoms with Crippen LogP contribution in [0.15, 0.2) is 30.3 Å². The highest BCUT2D eigenvalue weighted by atomic mass is 16.3. The molecule has 2 saturated heterocycles. The van der Waals surface area contributed by atoms with Gasteiger partial charge in [0.1, 0.15) is 0 Å². The summed E-state index contributed by atoms with van der Waals surface area (Å²) >= 11 is 0. The van der Waals surface area contributed by atoms with Crippen molar-refractivity contribution in [3.05, 3.63) is 35.9 Å². The lowest BCUT2D eigenvalue weighted by Gasteiger charge is -2.53. The minimum absolute atomic E-state index is 0.164. The predicted molar refractivity (Wildman–Crippen MR) is 97.8 cm³/mol. The molecule has 2 aliphatic heterocycles. The molecule has 4 rings (SSSR count). The van der Waals surface area contributed by atoms with Crippen molar-refractivity contribution in [2.24, 2.45) is 5.92 Å². The number of rotatable bonds is 4. The maximum atomic E-state index is 11.1. The summed E-state index contributed by atoms with van der Waals surface area (Å²) in [5.74, 6) is 0.534. The third kappa shape index (κ3) is 3.02. The van der Waals surface area contributed by atoms with E-state index in [1.54, 1.807) is 0 Å². The molecule has 0 spiro atoms. The second-order valence-corrected chi connectivity index (χ2v) is 9.11. The Bertz CT molecular complexity index is 563. The van der Waals surface area contributed by atoms with E-state index < -0.39 is 0 Å². The van der Waals surface area contributed by atoms with Crippen molar-refractivity contribution in [2.45, 2.75) is 82.8 Å². The van der Waals surface area contributed by atoms with Crippen LogP contribution in [-0.2, 0) is 6.54 Å². The molecular formula is C21H32N2O. The Morgan fingerprint density at radius 2 is 1.79 bits per heavy atom. The van der Waals surface area contributed by atoms with Gasteiger partial charge in [0.15, 0.2) is 0 Å². The zero-order chi connectivity index (χ0) is 16.9. The summed E-state index contributed by atoms with van der Waals surface area (Å²) in [6, 6.07) is 12.2. The molecule has 1 aromatic carbocycles. The molecule has 3 heteroatoms. The van der Waals surface area contributed by atoms with E-state index in [2.05, 4.69) is 60.9 Å². The van der Waals surface area contributed by atoms with Crippen molar-refractivity contribution in [1.29, 1.82) is 0 Å². The Morgan fingerprint density at radius 3 is 2.42 bits per heavy atom. The molecule has 0 unspecified atom stereocenters. The molecule has 0 aromatic heterocycles. The van der Waals surface area contributed by atoms with Gasteiger partial charge in [-0.25, -0.2) is 0 Å². The molecule has 2 heterocycles. The third-order valence-corrected chi connectivity index (χ3v) is 6.27. The van der Waals surface area contributed by atoms with Gasteiger partial charge in [-0.15, -0.1) is 0 Å². The van der Waals surface area contributed by atoms with Gasteiger partial charge in [-0.05, 0) is 57.9 Å². The number of likely N-dealkylation sites (tertiary alicyclic amines) is 1. The topological polar surface area (TPSA) is 26.7 Å². The van der Waals surface area contributed by atoms with E-state index in [-0.39, 0.29) is 17.7 Å². The van der Waals surface area contributed by atoms with Crippen LogP contribution < -0.4 is 0 Å². The van der Waals surface area contributed by atoms with Gasteiger partial charge in [0.25, 0.3) is 0 Å². The molecular weight excluding hydrogens is 296 g/mol. The highest BCUT2D eigenvalue weighted by molar-refractivity contribution is 5.17. The van der Waals surface area contributed by atoms with Crippen LogP contribution in [-0.4, -0.2) is 51.2 Å². The van der Waals surface area contributed by atoms with Gasteiger partial charge < -0.3 is 5.11 Å². The molecule has 3 nitrogen and oxygen atoms in total. The number of aliphatic hydroxyl groups is 1. The number of fused-ring (bicyclic) bond motifs is 2. The fourth-order valence-corrected chi connectivity index (χ4v) is 5.26. The summed E-state index contributed by atoms with van der Waals surface area (Å²) in [6.45, 7) is 9.08. The van der Waals surface area contributed by atoms with Crippen LogP contribution in [0.1, 0.15) is 52.0 Å². The van der Waals surface area contributed by atoms with Crippen molar-refractivity contribution < 1.29 is 5.11 Å². The minimum Gasteiger partial charge on any atom is -0.391 e. The molecule has 24 heavy (non-hydrogen) atoms. The van der Waals surface area contributed by atoms with Crippen LogP contribution in [0.5, 0.6) is 0 Å². The highest BCUT2D eigenvalue weighted by Crippen LogP contribution is 2.44. The van der Waals surface area contributed by atoms with E-state index >= 15 is 0 Å². The van der Waals surface area contributed by atoms with Gasteiger partial charge >= 0.3 is 0 Å². The average Bonchev–Trinajstić information content (AvgIpc) is 3.32. The fourth-order valence-electron chi connectivity index (χ4n) is 5.26. The van der Waals surface area contributed by atoms with Crippen molar-refractivity contribution in [3.63, 3.8) is 0 Å². The zero-order valence-electron chi connectivity index (χ0n) is 15.4. The first kappa shape index (κ1) is 16.6. The van der Waals surface area contributed by atoms with Gasteiger partial charge in [0, 0.05) is 30.7 Å². The SMILES string of the molecule is CC(C)(C)N1[C@@H]2CC[C@H]1[C@@H]([C@@H](O)C1CC1)N(Cc1ccccc1)C2. The second-order valence-electron chi connectivity index (χ2n) is 9.11. The summed E-state index contributed by atoms with van der Waals surface area (Å²) in [7, 11) is 0. The Labute approximate surface area is 146 Å². The molecule has 3 fully saturated rings. The third-order valence-electron chi connectivity index (χ3n) is 6.27. The molecule has 0 amide bonds. The van der Waals surface area contributed by atoms with E-state index in [1.807, 2.05) is 0 Å². The summed E-state index contributed by atoms with van der Waals surface area (Å²) in [5, 5.41) is 11.1. The Balaban J connectivity index is 1.61. The van der Waals surface area contributed by atoms with Gasteiger partial charge in [-0.3, -0.25) is 9.80 Å². The highest BCUT2D eigenvalue weighted by Gasteiger charge is 2.53. The quantitative estimate of drug-likeness (QED) is 0.919. The summed E-state index contributed by atoms with van der Waals surface area (Å²) in [4.78, 5) is 5.33. The Hall–Kier alpha value is -0.900. The summed E-state index contributed by atoms with van der Waals surface area (Å²) in [6.07, 6.45) is 4.77. The van der Waals surface area contributed by atoms with Crippen LogP contribution in [0.3, 0.4) is 0 Å². The maximum absolute atomic E-state index is 11.1. The fraction of sp³-hybridized carbons (Fsp3) is 0.714. The summed E-state index contributed by atoms with van der Waals surface area (Å²) in [5.41, 5.74) is 1.56. The first-order chi connectivity index (χ1) is 11.4. The molecule has 132 valence electrons. The van der Waals surface area contributed by atoms with E-state index in [1.165, 1.54) is 31.2 Å². The van der Waals surface area contributed by atoms with Crippen LogP contribution in [0.25, 0.3) is 0 Å². The van der Waals surface area contributed by atoms with Crippen LogP contribution >= 0.6 is 0 Å². The van der Waals surface area contributed by atoms with Crippen molar-refractivity contribution in [3.8, 4) is 0 Å². The lowest BCUT2D eigenvalue weighted by atomic mass is 9.90. The minimum atomic E-state index is -0.164. The van der Waals surface area contributed by atoms with Crippen molar-refractivity contribution in [1.82, 2.24) is 9.80 Å². The first-order valence-electron chi connectivity index (χ1n) is 9.69. The molecule has 0 radical (unpaired) electrons. The number of benzene rings is 1. The summed E-state index contributed by atoms with van der Waals surface area (Å²) < 4.78 is 0. The van der Waals surface area contributed by atoms with Crippen LogP contribution in [0.2, 0.25) is 0 Å². The first-order valence-corrected chi connectivity index (χ1v) is 9.69. The molecule has 3 aliphatic rings. The lowest BCUT2D eigenvalue weighted by molar-refractivity contribution is -0.0848. The van der Waals surface area contributed by atoms with Crippen molar-refractivity contribution in [2.75, 3.05) is 6.54 Å².